The van der Waals surface area contributed by atoms with Crippen LogP contribution in [0.1, 0.15) is 20.9 Å². The van der Waals surface area contributed by atoms with Crippen LogP contribution in [0.2, 0.25) is 5.02 Å². The first-order valence-corrected chi connectivity index (χ1v) is 6.23. The number of hydrogen-bond acceptors (Lipinski definition) is 6. The lowest BCUT2D eigenvalue weighted by Crippen LogP contribution is -2.12. The number of anilines is 1. The second kappa shape index (κ2) is 6.27. The summed E-state index contributed by atoms with van der Waals surface area (Å²) in [6, 6.07) is 6.43. The number of halogens is 1. The van der Waals surface area contributed by atoms with Crippen LogP contribution in [-0.2, 0) is 4.74 Å². The number of benzene rings is 1. The van der Waals surface area contributed by atoms with E-state index in [-0.39, 0.29) is 22.0 Å². The molecule has 9 heteroatoms. The molecule has 0 unspecified atom stereocenters. The number of carbonyl (C=O) groups is 2. The molecule has 1 N–H and O–H groups in total. The normalized spacial score (nSPS) is 10.1. The molecule has 1 aromatic heterocycles. The van der Waals surface area contributed by atoms with Gasteiger partial charge in [0.15, 0.2) is 5.76 Å². The van der Waals surface area contributed by atoms with Gasteiger partial charge in [0.2, 0.25) is 0 Å². The molecular formula is C13H9ClN2O6. The molecule has 0 saturated carbocycles. The van der Waals surface area contributed by atoms with E-state index in [1.165, 1.54) is 31.4 Å². The van der Waals surface area contributed by atoms with Crippen LogP contribution in [0.15, 0.2) is 34.7 Å². The Labute approximate surface area is 128 Å². The molecule has 0 atom stereocenters. The van der Waals surface area contributed by atoms with Crippen molar-refractivity contribution in [3.63, 3.8) is 0 Å². The first-order valence-electron chi connectivity index (χ1n) is 5.86. The van der Waals surface area contributed by atoms with Gasteiger partial charge in [0.1, 0.15) is 4.92 Å². The van der Waals surface area contributed by atoms with Crippen LogP contribution >= 0.6 is 11.6 Å². The molecule has 0 fully saturated rings. The van der Waals surface area contributed by atoms with Gasteiger partial charge in [-0.3, -0.25) is 14.9 Å². The van der Waals surface area contributed by atoms with E-state index in [1.807, 2.05) is 0 Å². The van der Waals surface area contributed by atoms with Gasteiger partial charge in [-0.25, -0.2) is 4.79 Å². The monoisotopic (exact) mass is 324 g/mol. The highest BCUT2D eigenvalue weighted by molar-refractivity contribution is 6.33. The Morgan fingerprint density at radius 2 is 2.05 bits per heavy atom. The van der Waals surface area contributed by atoms with Crippen molar-refractivity contribution in [2.45, 2.75) is 0 Å². The largest absolute Gasteiger partial charge is 0.465 e. The molecule has 22 heavy (non-hydrogen) atoms. The number of rotatable bonds is 4. The highest BCUT2D eigenvalue weighted by Crippen LogP contribution is 2.22. The van der Waals surface area contributed by atoms with Gasteiger partial charge in [-0.05, 0) is 24.3 Å². The predicted molar refractivity (Wildman–Crippen MR) is 76.1 cm³/mol. The number of esters is 1. The minimum absolute atomic E-state index is 0.0763. The molecule has 0 aliphatic rings. The average molecular weight is 325 g/mol. The standard InChI is InChI=1S/C13H9ClN2O6/c1-21-13(18)8-6-7(2-3-9(8)14)15-12(17)10-4-5-11(22-10)16(19)20/h2-6H,1H3,(H,15,17). The van der Waals surface area contributed by atoms with Crippen LogP contribution in [0.4, 0.5) is 11.6 Å². The molecule has 2 rings (SSSR count). The number of carbonyl (C=O) groups excluding carboxylic acids is 2. The summed E-state index contributed by atoms with van der Waals surface area (Å²) < 4.78 is 9.33. The van der Waals surface area contributed by atoms with Gasteiger partial charge in [0, 0.05) is 5.69 Å². The Kier molecular flexibility index (Phi) is 4.42. The maximum absolute atomic E-state index is 11.9. The Hall–Kier alpha value is -2.87. The summed E-state index contributed by atoms with van der Waals surface area (Å²) in [7, 11) is 1.20. The molecule has 1 heterocycles. The number of hydrogen-bond donors (Lipinski definition) is 1. The summed E-state index contributed by atoms with van der Waals surface area (Å²) in [4.78, 5) is 33.2. The maximum atomic E-state index is 11.9. The molecule has 0 saturated heterocycles. The average Bonchev–Trinajstić information content (AvgIpc) is 2.98. The van der Waals surface area contributed by atoms with Crippen LogP contribution in [0.25, 0.3) is 0 Å². The summed E-state index contributed by atoms with van der Waals surface area (Å²) in [5.74, 6) is -2.14. The van der Waals surface area contributed by atoms with E-state index < -0.39 is 22.7 Å². The molecule has 0 spiro atoms. The molecule has 0 radical (unpaired) electrons. The molecular weight excluding hydrogens is 316 g/mol. The fourth-order valence-electron chi connectivity index (χ4n) is 1.61. The van der Waals surface area contributed by atoms with Gasteiger partial charge >= 0.3 is 11.9 Å². The lowest BCUT2D eigenvalue weighted by molar-refractivity contribution is -0.402. The molecule has 0 bridgehead atoms. The van der Waals surface area contributed by atoms with Crippen molar-refractivity contribution in [3.05, 3.63) is 56.8 Å². The minimum atomic E-state index is -0.756. The fraction of sp³-hybridized carbons (Fsp3) is 0.0769. The van der Waals surface area contributed by atoms with Crippen molar-refractivity contribution < 1.29 is 23.7 Å². The lowest BCUT2D eigenvalue weighted by atomic mass is 10.2. The van der Waals surface area contributed by atoms with Gasteiger partial charge < -0.3 is 14.5 Å². The Balaban J connectivity index is 2.21. The van der Waals surface area contributed by atoms with E-state index in [9.17, 15) is 19.7 Å². The lowest BCUT2D eigenvalue weighted by Gasteiger charge is -2.07. The molecule has 1 amide bonds. The topological polar surface area (TPSA) is 112 Å². The van der Waals surface area contributed by atoms with Crippen molar-refractivity contribution >= 4 is 35.0 Å². The van der Waals surface area contributed by atoms with Gasteiger partial charge in [0.25, 0.3) is 5.91 Å². The fourth-order valence-corrected chi connectivity index (χ4v) is 1.80. The number of furan rings is 1. The second-order valence-electron chi connectivity index (χ2n) is 4.04. The second-order valence-corrected chi connectivity index (χ2v) is 4.44. The van der Waals surface area contributed by atoms with Gasteiger partial charge in [-0.15, -0.1) is 0 Å². The van der Waals surface area contributed by atoms with Crippen LogP contribution in [0, 0.1) is 10.1 Å². The number of nitrogens with one attached hydrogen (secondary N) is 1. The van der Waals surface area contributed by atoms with Crippen LogP contribution in [-0.4, -0.2) is 23.9 Å². The zero-order valence-corrected chi connectivity index (χ0v) is 11.9. The van der Waals surface area contributed by atoms with Crippen LogP contribution in [0.3, 0.4) is 0 Å². The smallest absolute Gasteiger partial charge is 0.433 e. The van der Waals surface area contributed by atoms with Gasteiger partial charge in [0.05, 0.1) is 23.8 Å². The zero-order chi connectivity index (χ0) is 16.3. The molecule has 8 nitrogen and oxygen atoms in total. The van der Waals surface area contributed by atoms with E-state index in [0.29, 0.717) is 0 Å². The summed E-state index contributed by atoms with van der Waals surface area (Å²) in [5, 5.41) is 13.1. The third-order valence-corrected chi connectivity index (χ3v) is 2.95. The highest BCUT2D eigenvalue weighted by atomic mass is 35.5. The van der Waals surface area contributed by atoms with Crippen molar-refractivity contribution in [2.75, 3.05) is 12.4 Å². The molecule has 1 aromatic carbocycles. The third kappa shape index (κ3) is 3.23. The summed E-state index contributed by atoms with van der Waals surface area (Å²) in [6.45, 7) is 0. The molecule has 0 aliphatic heterocycles. The van der Waals surface area contributed by atoms with Gasteiger partial charge in [-0.1, -0.05) is 11.6 Å². The Morgan fingerprint density at radius 3 is 2.64 bits per heavy atom. The van der Waals surface area contributed by atoms with Crippen molar-refractivity contribution in [3.8, 4) is 0 Å². The summed E-state index contributed by atoms with van der Waals surface area (Å²) in [5.41, 5.74) is 0.334. The van der Waals surface area contributed by atoms with Crippen molar-refractivity contribution in [2.24, 2.45) is 0 Å². The number of nitro groups is 1. The summed E-state index contributed by atoms with van der Waals surface area (Å²) in [6.07, 6.45) is 0. The van der Waals surface area contributed by atoms with Crippen LogP contribution in [0.5, 0.6) is 0 Å². The van der Waals surface area contributed by atoms with E-state index in [2.05, 4.69) is 10.1 Å². The third-order valence-electron chi connectivity index (χ3n) is 2.63. The Bertz CT molecular complexity index is 755. The van der Waals surface area contributed by atoms with E-state index in [0.717, 1.165) is 6.07 Å². The minimum Gasteiger partial charge on any atom is -0.465 e. The SMILES string of the molecule is COC(=O)c1cc(NC(=O)c2ccc([N+](=O)[O-])o2)ccc1Cl. The molecule has 2 aromatic rings. The molecule has 0 aliphatic carbocycles. The number of nitrogens with zero attached hydrogens (tertiary/aromatic N) is 1. The van der Waals surface area contributed by atoms with E-state index >= 15 is 0 Å². The Morgan fingerprint density at radius 1 is 1.32 bits per heavy atom. The highest BCUT2D eigenvalue weighted by Gasteiger charge is 2.18. The van der Waals surface area contributed by atoms with Crippen molar-refractivity contribution in [1.29, 1.82) is 0 Å². The number of amides is 1. The molecule has 114 valence electrons. The summed E-state index contributed by atoms with van der Waals surface area (Å²) >= 11 is 5.85. The van der Waals surface area contributed by atoms with Crippen molar-refractivity contribution in [1.82, 2.24) is 0 Å². The van der Waals surface area contributed by atoms with E-state index in [4.69, 9.17) is 16.0 Å². The van der Waals surface area contributed by atoms with E-state index in [1.54, 1.807) is 0 Å². The maximum Gasteiger partial charge on any atom is 0.433 e. The zero-order valence-electron chi connectivity index (χ0n) is 11.2. The first kappa shape index (κ1) is 15.5. The number of methoxy groups -OCH3 is 1. The number of ether oxygens (including phenoxy) is 1. The predicted octanol–water partition coefficient (Wildman–Crippen LogP) is 2.88. The van der Waals surface area contributed by atoms with Gasteiger partial charge in [-0.2, -0.15) is 0 Å². The van der Waals surface area contributed by atoms with Crippen LogP contribution < -0.4 is 5.32 Å². The quantitative estimate of drug-likeness (QED) is 0.525. The first-order chi connectivity index (χ1) is 10.4.